The van der Waals surface area contributed by atoms with Crippen LogP contribution in [0, 0.1) is 5.92 Å². The Morgan fingerprint density at radius 1 is 1.10 bits per heavy atom. The number of ether oxygens (including phenoxy) is 1. The molecule has 0 saturated carbocycles. The van der Waals surface area contributed by atoms with Gasteiger partial charge in [-0.15, -0.1) is 0 Å². The van der Waals surface area contributed by atoms with Crippen molar-refractivity contribution >= 4 is 10.9 Å². The third kappa shape index (κ3) is 5.03. The summed E-state index contributed by atoms with van der Waals surface area (Å²) < 4.78 is 46.8. The summed E-state index contributed by atoms with van der Waals surface area (Å²) in [4.78, 5) is 8.30. The van der Waals surface area contributed by atoms with E-state index in [-0.39, 0.29) is 12.4 Å². The normalized spacial score (nSPS) is 14.2. The van der Waals surface area contributed by atoms with Crippen molar-refractivity contribution in [2.24, 2.45) is 11.7 Å². The van der Waals surface area contributed by atoms with Crippen molar-refractivity contribution in [2.75, 3.05) is 6.61 Å². The summed E-state index contributed by atoms with van der Waals surface area (Å²) >= 11 is 0. The Balaban J connectivity index is 1.99. The molecule has 0 spiro atoms. The van der Waals surface area contributed by atoms with Crippen molar-refractivity contribution in [3.63, 3.8) is 0 Å². The van der Waals surface area contributed by atoms with E-state index in [9.17, 15) is 13.2 Å². The van der Waals surface area contributed by atoms with Crippen LogP contribution in [0.5, 0.6) is 5.75 Å². The van der Waals surface area contributed by atoms with Gasteiger partial charge in [-0.3, -0.25) is 9.97 Å². The molecule has 3 aromatic rings. The number of halogens is 3. The minimum Gasteiger partial charge on any atom is -0.491 e. The number of aromatic nitrogens is 2. The molecule has 2 N–H and O–H groups in total. The van der Waals surface area contributed by atoms with Crippen molar-refractivity contribution in [3.8, 4) is 16.9 Å². The van der Waals surface area contributed by atoms with Crippen LogP contribution in [0.25, 0.3) is 22.0 Å². The van der Waals surface area contributed by atoms with Crippen LogP contribution in [0.1, 0.15) is 32.8 Å². The van der Waals surface area contributed by atoms with Crippen LogP contribution >= 0.6 is 0 Å². The van der Waals surface area contributed by atoms with Gasteiger partial charge in [0.25, 0.3) is 0 Å². The van der Waals surface area contributed by atoms with E-state index >= 15 is 0 Å². The first kappa shape index (κ1) is 21.0. The first-order chi connectivity index (χ1) is 13.6. The lowest BCUT2D eigenvalue weighted by Crippen LogP contribution is -2.43. The van der Waals surface area contributed by atoms with Crippen molar-refractivity contribution in [1.29, 1.82) is 0 Å². The summed E-state index contributed by atoms with van der Waals surface area (Å²) in [5.41, 5.74) is 6.35. The molecule has 29 heavy (non-hydrogen) atoms. The topological polar surface area (TPSA) is 61.0 Å². The van der Waals surface area contributed by atoms with Gasteiger partial charge in [0, 0.05) is 29.5 Å². The molecular weight excluding hydrogens is 379 g/mol. The minimum absolute atomic E-state index is 0.00425. The highest BCUT2D eigenvalue weighted by Crippen LogP contribution is 2.40. The van der Waals surface area contributed by atoms with Gasteiger partial charge >= 0.3 is 6.18 Å². The highest BCUT2D eigenvalue weighted by molar-refractivity contribution is 5.93. The molecule has 1 unspecified atom stereocenters. The zero-order chi connectivity index (χ0) is 21.2. The van der Waals surface area contributed by atoms with E-state index in [1.54, 1.807) is 43.7 Å². The van der Waals surface area contributed by atoms with E-state index in [2.05, 4.69) is 9.97 Å². The Bertz CT molecular complexity index is 995. The molecular formula is C22H24F3N3O. The second-order valence-corrected chi connectivity index (χ2v) is 8.00. The van der Waals surface area contributed by atoms with E-state index in [4.69, 9.17) is 10.5 Å². The number of hydrogen-bond donors (Lipinski definition) is 1. The number of nitrogens with two attached hydrogens (primary N) is 1. The Kier molecular flexibility index (Phi) is 5.80. The fourth-order valence-corrected chi connectivity index (χ4v) is 3.52. The van der Waals surface area contributed by atoms with Crippen LogP contribution in [0.2, 0.25) is 0 Å². The number of fused-ring (bicyclic) bond motifs is 1. The lowest BCUT2D eigenvalue weighted by molar-refractivity contribution is -0.139. The number of rotatable bonds is 6. The van der Waals surface area contributed by atoms with Crippen LogP contribution in [0.4, 0.5) is 13.2 Å². The largest absolute Gasteiger partial charge is 0.491 e. The van der Waals surface area contributed by atoms with Crippen LogP contribution in [-0.2, 0) is 6.18 Å². The lowest BCUT2D eigenvalue weighted by Gasteiger charge is -2.27. The molecule has 0 fully saturated rings. The molecule has 2 aromatic heterocycles. The number of benzene rings is 1. The molecule has 1 atom stereocenters. The van der Waals surface area contributed by atoms with E-state index in [0.717, 1.165) is 6.07 Å². The van der Waals surface area contributed by atoms with Gasteiger partial charge in [0.15, 0.2) is 0 Å². The van der Waals surface area contributed by atoms with E-state index in [1.165, 1.54) is 6.07 Å². The van der Waals surface area contributed by atoms with E-state index in [0.29, 0.717) is 34.4 Å². The quantitative estimate of drug-likeness (QED) is 0.594. The van der Waals surface area contributed by atoms with Crippen LogP contribution < -0.4 is 10.5 Å². The second-order valence-electron chi connectivity index (χ2n) is 8.00. The number of hydrogen-bond acceptors (Lipinski definition) is 4. The van der Waals surface area contributed by atoms with Crippen molar-refractivity contribution in [1.82, 2.24) is 9.97 Å². The Morgan fingerprint density at radius 3 is 2.55 bits per heavy atom. The van der Waals surface area contributed by atoms with Gasteiger partial charge in [0.2, 0.25) is 0 Å². The third-order valence-corrected chi connectivity index (χ3v) is 4.57. The van der Waals surface area contributed by atoms with Gasteiger partial charge in [0.1, 0.15) is 12.4 Å². The van der Waals surface area contributed by atoms with Gasteiger partial charge in [-0.2, -0.15) is 13.2 Å². The Labute approximate surface area is 167 Å². The van der Waals surface area contributed by atoms with Gasteiger partial charge in [0.05, 0.1) is 11.1 Å². The summed E-state index contributed by atoms with van der Waals surface area (Å²) in [6.07, 6.45) is 0.846. The monoisotopic (exact) mass is 403 g/mol. The lowest BCUT2D eigenvalue weighted by atomic mass is 9.93. The summed E-state index contributed by atoms with van der Waals surface area (Å²) in [5, 5.41) is 0.684. The SMILES string of the molecule is CC(C)CC(C)(N)COc1ccc(-c2ccnc3ccncc23)cc1C(F)(F)F. The molecule has 4 nitrogen and oxygen atoms in total. The maximum atomic E-state index is 13.8. The minimum atomic E-state index is -4.56. The van der Waals surface area contributed by atoms with Gasteiger partial charge in [-0.05, 0) is 54.7 Å². The van der Waals surface area contributed by atoms with Crippen LogP contribution in [0.15, 0.2) is 48.9 Å². The molecule has 2 heterocycles. The van der Waals surface area contributed by atoms with Gasteiger partial charge < -0.3 is 10.5 Å². The van der Waals surface area contributed by atoms with Gasteiger partial charge in [-0.25, -0.2) is 0 Å². The summed E-state index contributed by atoms with van der Waals surface area (Å²) in [5.74, 6) is 0.0878. The predicted molar refractivity (Wildman–Crippen MR) is 108 cm³/mol. The molecule has 3 rings (SSSR count). The molecule has 0 aliphatic carbocycles. The molecule has 0 aliphatic heterocycles. The highest BCUT2D eigenvalue weighted by Gasteiger charge is 2.35. The predicted octanol–water partition coefficient (Wildman–Crippen LogP) is 5.46. The van der Waals surface area contributed by atoms with E-state index < -0.39 is 17.3 Å². The summed E-state index contributed by atoms with van der Waals surface area (Å²) in [6, 6.07) is 7.47. The van der Waals surface area contributed by atoms with Crippen LogP contribution in [0.3, 0.4) is 0 Å². The maximum Gasteiger partial charge on any atom is 0.419 e. The molecule has 0 saturated heterocycles. The van der Waals surface area contributed by atoms with Crippen molar-refractivity contribution in [3.05, 3.63) is 54.5 Å². The zero-order valence-corrected chi connectivity index (χ0v) is 16.6. The fourth-order valence-electron chi connectivity index (χ4n) is 3.52. The smallest absolute Gasteiger partial charge is 0.419 e. The maximum absolute atomic E-state index is 13.8. The molecule has 1 aromatic carbocycles. The average Bonchev–Trinajstić information content (AvgIpc) is 2.64. The number of pyridine rings is 2. The van der Waals surface area contributed by atoms with Gasteiger partial charge in [-0.1, -0.05) is 19.9 Å². The standard InChI is InChI=1S/C22H24F3N3O/c1-14(2)11-21(3,26)13-29-20-5-4-15(10-18(20)22(23,24)25)16-6-9-28-19-7-8-27-12-17(16)19/h4-10,12,14H,11,13,26H2,1-3H3. The van der Waals surface area contributed by atoms with Crippen molar-refractivity contribution in [2.45, 2.75) is 38.9 Å². The first-order valence-electron chi connectivity index (χ1n) is 9.39. The molecule has 154 valence electrons. The number of nitrogens with zero attached hydrogens (tertiary/aromatic N) is 2. The highest BCUT2D eigenvalue weighted by atomic mass is 19.4. The molecule has 0 aliphatic rings. The Hall–Kier alpha value is -2.67. The van der Waals surface area contributed by atoms with Crippen LogP contribution in [-0.4, -0.2) is 22.1 Å². The zero-order valence-electron chi connectivity index (χ0n) is 16.6. The second kappa shape index (κ2) is 7.99. The average molecular weight is 403 g/mol. The number of alkyl halides is 3. The third-order valence-electron chi connectivity index (χ3n) is 4.57. The molecule has 0 amide bonds. The summed E-state index contributed by atoms with van der Waals surface area (Å²) in [6.45, 7) is 5.80. The molecule has 0 bridgehead atoms. The van der Waals surface area contributed by atoms with E-state index in [1.807, 2.05) is 13.8 Å². The summed E-state index contributed by atoms with van der Waals surface area (Å²) in [7, 11) is 0. The van der Waals surface area contributed by atoms with Crippen molar-refractivity contribution < 1.29 is 17.9 Å². The molecule has 7 heteroatoms. The fraction of sp³-hybridized carbons (Fsp3) is 0.364. The molecule has 0 radical (unpaired) electrons. The first-order valence-corrected chi connectivity index (χ1v) is 9.39. The Morgan fingerprint density at radius 2 is 1.86 bits per heavy atom.